The standard InChI is InChI=1S/C50H56N2O4/c1-30-14-18-42(34(5)22-30)47(53)38(9)26-51(13)46(41(12)50(56)45-21-17-33(4)25-37(45)8)29-52(27-39(10)48(54)43-19-15-31(2)23-35(43)6)28-40(11)49(55)44-20-16-32(3)24-36(44)7/h14-25,46H,9-12,26-29H2,1-8,13H3. The number of nitrogens with zero attached hydrogens (tertiary/aromatic N) is 2. The van der Waals surface area contributed by atoms with Crippen molar-refractivity contribution in [3.8, 4) is 0 Å². The summed E-state index contributed by atoms with van der Waals surface area (Å²) in [6.45, 7) is 32.9. The maximum Gasteiger partial charge on any atom is 0.190 e. The summed E-state index contributed by atoms with van der Waals surface area (Å²) < 4.78 is 0. The summed E-state index contributed by atoms with van der Waals surface area (Å²) in [7, 11) is 1.83. The van der Waals surface area contributed by atoms with E-state index in [0.29, 0.717) is 44.5 Å². The number of benzene rings is 4. The van der Waals surface area contributed by atoms with E-state index in [0.717, 1.165) is 44.5 Å². The SMILES string of the molecule is C=C(CN(CC(=C)C(=O)c1ccc(C)cc1C)CC(C(=C)C(=O)c1ccc(C)cc1C)N(C)CC(=C)C(=O)c1ccc(C)cc1C)C(=O)c1ccc(C)cc1C. The molecule has 0 radical (unpaired) electrons. The monoisotopic (exact) mass is 748 g/mol. The van der Waals surface area contributed by atoms with Gasteiger partial charge in [-0.05, 0) is 84.7 Å². The van der Waals surface area contributed by atoms with Crippen molar-refractivity contribution >= 4 is 23.1 Å². The van der Waals surface area contributed by atoms with E-state index in [1.165, 1.54) is 0 Å². The summed E-state index contributed by atoms with van der Waals surface area (Å²) in [6.07, 6.45) is 0. The molecule has 0 aliphatic heterocycles. The molecule has 290 valence electrons. The average Bonchev–Trinajstić information content (AvgIpc) is 3.12. The Kier molecular flexibility index (Phi) is 14.2. The lowest BCUT2D eigenvalue weighted by molar-refractivity contribution is 0.0966. The van der Waals surface area contributed by atoms with Gasteiger partial charge in [0.2, 0.25) is 0 Å². The lowest BCUT2D eigenvalue weighted by Crippen LogP contribution is -2.47. The molecule has 0 spiro atoms. The second-order valence-corrected chi connectivity index (χ2v) is 15.5. The van der Waals surface area contributed by atoms with Crippen LogP contribution in [-0.4, -0.2) is 72.2 Å². The summed E-state index contributed by atoms with van der Waals surface area (Å²) >= 11 is 0. The van der Waals surface area contributed by atoms with Crippen molar-refractivity contribution < 1.29 is 19.2 Å². The van der Waals surface area contributed by atoms with Crippen molar-refractivity contribution in [3.05, 3.63) is 188 Å². The van der Waals surface area contributed by atoms with E-state index >= 15 is 0 Å². The topological polar surface area (TPSA) is 74.8 Å². The first kappa shape index (κ1) is 43.2. The number of hydrogen-bond acceptors (Lipinski definition) is 6. The van der Waals surface area contributed by atoms with Crippen LogP contribution in [0.2, 0.25) is 0 Å². The molecule has 6 nitrogen and oxygen atoms in total. The van der Waals surface area contributed by atoms with E-state index in [1.54, 1.807) is 0 Å². The van der Waals surface area contributed by atoms with Crippen molar-refractivity contribution in [3.63, 3.8) is 0 Å². The van der Waals surface area contributed by atoms with Crippen LogP contribution in [0.25, 0.3) is 0 Å². The van der Waals surface area contributed by atoms with Gasteiger partial charge in [0, 0.05) is 70.7 Å². The lowest BCUT2D eigenvalue weighted by atomic mass is 9.92. The molecule has 4 aromatic carbocycles. The fourth-order valence-electron chi connectivity index (χ4n) is 7.28. The minimum atomic E-state index is -0.667. The van der Waals surface area contributed by atoms with Crippen molar-refractivity contribution in [2.24, 2.45) is 0 Å². The third kappa shape index (κ3) is 10.4. The number of rotatable bonds is 18. The molecule has 4 rings (SSSR count). The molecule has 6 heteroatoms. The first-order valence-corrected chi connectivity index (χ1v) is 18.9. The van der Waals surface area contributed by atoms with Crippen LogP contribution in [0.5, 0.6) is 0 Å². The molecule has 0 N–H and O–H groups in total. The van der Waals surface area contributed by atoms with Crippen LogP contribution < -0.4 is 0 Å². The highest BCUT2D eigenvalue weighted by molar-refractivity contribution is 6.12. The predicted molar refractivity (Wildman–Crippen MR) is 230 cm³/mol. The Morgan fingerprint density at radius 2 is 0.750 bits per heavy atom. The molecule has 0 fully saturated rings. The van der Waals surface area contributed by atoms with Crippen molar-refractivity contribution in [1.82, 2.24) is 9.80 Å². The molecule has 0 saturated carbocycles. The van der Waals surface area contributed by atoms with Gasteiger partial charge in [-0.25, -0.2) is 0 Å². The van der Waals surface area contributed by atoms with Gasteiger partial charge < -0.3 is 0 Å². The largest absolute Gasteiger partial charge is 0.294 e. The van der Waals surface area contributed by atoms with Gasteiger partial charge in [0.25, 0.3) is 0 Å². The Morgan fingerprint density at radius 3 is 1.05 bits per heavy atom. The number of carbonyl (C=O) groups is 4. The van der Waals surface area contributed by atoms with Crippen LogP contribution in [0.4, 0.5) is 0 Å². The molecule has 0 heterocycles. The third-order valence-corrected chi connectivity index (χ3v) is 10.4. The Morgan fingerprint density at radius 1 is 0.464 bits per heavy atom. The molecule has 0 aliphatic rings. The molecule has 1 atom stereocenters. The Balaban J connectivity index is 1.74. The molecule has 1 unspecified atom stereocenters. The Bertz CT molecular complexity index is 2200. The van der Waals surface area contributed by atoms with Gasteiger partial charge in [-0.2, -0.15) is 0 Å². The zero-order valence-electron chi connectivity index (χ0n) is 34.7. The summed E-state index contributed by atoms with van der Waals surface area (Å²) in [5.41, 5.74) is 11.0. The first-order valence-electron chi connectivity index (χ1n) is 18.9. The fraction of sp³-hybridized carbons (Fsp3) is 0.280. The highest BCUT2D eigenvalue weighted by Crippen LogP contribution is 2.24. The second kappa shape index (κ2) is 18.4. The Labute approximate surface area is 333 Å². The van der Waals surface area contributed by atoms with Crippen molar-refractivity contribution in [1.29, 1.82) is 0 Å². The summed E-state index contributed by atoms with van der Waals surface area (Å²) in [5.74, 6) is -0.833. The van der Waals surface area contributed by atoms with Crippen LogP contribution in [-0.2, 0) is 0 Å². The van der Waals surface area contributed by atoms with Gasteiger partial charge in [0.15, 0.2) is 23.1 Å². The molecular weight excluding hydrogens is 693 g/mol. The number of hydrogen-bond donors (Lipinski definition) is 0. The number of likely N-dealkylation sites (N-methyl/N-ethyl adjacent to an activating group) is 1. The average molecular weight is 749 g/mol. The normalized spacial score (nSPS) is 11.7. The number of carbonyl (C=O) groups excluding carboxylic acids is 4. The van der Waals surface area contributed by atoms with Crippen LogP contribution in [0, 0.1) is 55.4 Å². The van der Waals surface area contributed by atoms with Gasteiger partial charge >= 0.3 is 0 Å². The number of Topliss-reactive ketones (excluding diaryl/α,β-unsaturated/α-hetero) is 4. The molecule has 0 aliphatic carbocycles. The molecule has 56 heavy (non-hydrogen) atoms. The fourth-order valence-corrected chi connectivity index (χ4v) is 7.28. The number of aryl methyl sites for hydroxylation is 8. The van der Waals surface area contributed by atoms with Gasteiger partial charge in [0.05, 0.1) is 6.04 Å². The molecular formula is C50H56N2O4. The van der Waals surface area contributed by atoms with E-state index in [1.807, 2.05) is 145 Å². The summed E-state index contributed by atoms with van der Waals surface area (Å²) in [4.78, 5) is 59.7. The smallest absolute Gasteiger partial charge is 0.190 e. The third-order valence-electron chi connectivity index (χ3n) is 10.4. The highest BCUT2D eigenvalue weighted by atomic mass is 16.1. The summed E-state index contributed by atoms with van der Waals surface area (Å²) in [6, 6.07) is 22.0. The van der Waals surface area contributed by atoms with E-state index in [4.69, 9.17) is 0 Å². The van der Waals surface area contributed by atoms with Gasteiger partial charge in [-0.3, -0.25) is 29.0 Å². The maximum absolute atomic E-state index is 14.3. The van der Waals surface area contributed by atoms with Gasteiger partial charge in [-0.15, -0.1) is 0 Å². The van der Waals surface area contributed by atoms with E-state index in [2.05, 4.69) is 26.3 Å². The van der Waals surface area contributed by atoms with Gasteiger partial charge in [-0.1, -0.05) is 121 Å². The first-order chi connectivity index (χ1) is 26.3. The minimum Gasteiger partial charge on any atom is -0.294 e. The van der Waals surface area contributed by atoms with Crippen LogP contribution in [0.1, 0.15) is 85.9 Å². The van der Waals surface area contributed by atoms with Crippen LogP contribution in [0.15, 0.2) is 121 Å². The molecule has 0 bridgehead atoms. The van der Waals surface area contributed by atoms with E-state index < -0.39 is 6.04 Å². The highest BCUT2D eigenvalue weighted by Gasteiger charge is 2.30. The predicted octanol–water partition coefficient (Wildman–Crippen LogP) is 9.81. The summed E-state index contributed by atoms with van der Waals surface area (Å²) in [5, 5.41) is 0. The van der Waals surface area contributed by atoms with Crippen molar-refractivity contribution in [2.75, 3.05) is 33.2 Å². The van der Waals surface area contributed by atoms with E-state index in [-0.39, 0.29) is 49.3 Å². The van der Waals surface area contributed by atoms with Gasteiger partial charge in [0.1, 0.15) is 0 Å². The zero-order chi connectivity index (χ0) is 41.6. The van der Waals surface area contributed by atoms with Crippen molar-refractivity contribution in [2.45, 2.75) is 61.4 Å². The van der Waals surface area contributed by atoms with E-state index in [9.17, 15) is 19.2 Å². The zero-order valence-corrected chi connectivity index (χ0v) is 34.7. The molecule has 0 amide bonds. The maximum atomic E-state index is 14.3. The molecule has 4 aromatic rings. The number of ketones is 4. The van der Waals surface area contributed by atoms with Crippen LogP contribution >= 0.6 is 0 Å². The lowest BCUT2D eigenvalue weighted by Gasteiger charge is -2.35. The minimum absolute atomic E-state index is 0.0864. The van der Waals surface area contributed by atoms with Crippen LogP contribution in [0.3, 0.4) is 0 Å². The quantitative estimate of drug-likeness (QED) is 0.0746. The molecule has 0 saturated heterocycles. The molecule has 0 aromatic heterocycles. The second-order valence-electron chi connectivity index (χ2n) is 15.5. The Hall–Kier alpha value is -5.56.